The number of benzene rings is 1. The molecule has 1 rings (SSSR count). The van der Waals surface area contributed by atoms with Crippen LogP contribution in [0.1, 0.15) is 17.3 Å². The summed E-state index contributed by atoms with van der Waals surface area (Å²) in [7, 11) is 0. The number of ketones is 1. The Hall–Kier alpha value is -1.73. The zero-order chi connectivity index (χ0) is 15.8. The molecular weight excluding hydrogens is 340 g/mol. The van der Waals surface area contributed by atoms with Gasteiger partial charge in [0.05, 0.1) is 12.6 Å². The Kier molecular flexibility index (Phi) is 7.04. The van der Waals surface area contributed by atoms with E-state index in [1.165, 1.54) is 0 Å². The van der Waals surface area contributed by atoms with Crippen LogP contribution in [-0.4, -0.2) is 42.4 Å². The first-order chi connectivity index (χ1) is 9.93. The van der Waals surface area contributed by atoms with E-state index in [-0.39, 0.29) is 18.2 Å². The minimum absolute atomic E-state index is 0.0662. The summed E-state index contributed by atoms with van der Waals surface area (Å²) >= 11 is 3.29. The molecule has 1 aromatic rings. The lowest BCUT2D eigenvalue weighted by Gasteiger charge is -2.18. The lowest BCUT2D eigenvalue weighted by molar-refractivity contribution is -0.110. The zero-order valence-corrected chi connectivity index (χ0v) is 13.1. The van der Waals surface area contributed by atoms with Crippen LogP contribution in [0.5, 0.6) is 0 Å². The van der Waals surface area contributed by atoms with Crippen molar-refractivity contribution in [2.24, 2.45) is 5.92 Å². The van der Waals surface area contributed by atoms with Gasteiger partial charge in [-0.1, -0.05) is 35.0 Å². The first-order valence-electron chi connectivity index (χ1n) is 6.38. The molecule has 2 atom stereocenters. The summed E-state index contributed by atoms with van der Waals surface area (Å²) in [5, 5.41) is 13.7. The third-order valence-electron chi connectivity index (χ3n) is 2.97. The third kappa shape index (κ3) is 6.05. The van der Waals surface area contributed by atoms with Gasteiger partial charge in [-0.05, 0) is 18.1 Å². The standard InChI is InChI=1S/C14H17BrN2O4/c1-9(12(8-18)17-14(20)21)6-16-7-13(19)10-2-4-11(15)5-3-10/h2-5,8-9,12,16-17H,6-7H2,1H3,(H,20,21). The summed E-state index contributed by atoms with van der Waals surface area (Å²) in [6.07, 6.45) is -0.693. The molecule has 114 valence electrons. The van der Waals surface area contributed by atoms with Gasteiger partial charge < -0.3 is 20.5 Å². The van der Waals surface area contributed by atoms with E-state index in [0.717, 1.165) is 4.47 Å². The molecular formula is C14H17BrN2O4. The van der Waals surface area contributed by atoms with E-state index >= 15 is 0 Å². The van der Waals surface area contributed by atoms with Crippen LogP contribution in [-0.2, 0) is 4.79 Å². The van der Waals surface area contributed by atoms with Gasteiger partial charge in [-0.15, -0.1) is 0 Å². The van der Waals surface area contributed by atoms with Gasteiger partial charge in [0, 0.05) is 16.6 Å². The highest BCUT2D eigenvalue weighted by molar-refractivity contribution is 9.10. The monoisotopic (exact) mass is 356 g/mol. The Morgan fingerprint density at radius 1 is 1.33 bits per heavy atom. The summed E-state index contributed by atoms with van der Waals surface area (Å²) < 4.78 is 0.897. The van der Waals surface area contributed by atoms with Gasteiger partial charge in [-0.3, -0.25) is 4.79 Å². The van der Waals surface area contributed by atoms with Crippen molar-refractivity contribution in [2.75, 3.05) is 13.1 Å². The van der Waals surface area contributed by atoms with E-state index in [9.17, 15) is 14.4 Å². The van der Waals surface area contributed by atoms with Crippen LogP contribution in [0.2, 0.25) is 0 Å². The SMILES string of the molecule is CC(CNCC(=O)c1ccc(Br)cc1)C(C=O)NC(=O)O. The van der Waals surface area contributed by atoms with Crippen molar-refractivity contribution in [1.82, 2.24) is 10.6 Å². The molecule has 0 saturated heterocycles. The first-order valence-corrected chi connectivity index (χ1v) is 7.17. The van der Waals surface area contributed by atoms with Gasteiger partial charge in [0.15, 0.2) is 5.78 Å². The Morgan fingerprint density at radius 3 is 2.48 bits per heavy atom. The second kappa shape index (κ2) is 8.53. The Morgan fingerprint density at radius 2 is 1.95 bits per heavy atom. The maximum absolute atomic E-state index is 11.9. The minimum atomic E-state index is -1.25. The fourth-order valence-corrected chi connectivity index (χ4v) is 2.00. The average Bonchev–Trinajstić information content (AvgIpc) is 2.44. The van der Waals surface area contributed by atoms with Crippen LogP contribution in [0.3, 0.4) is 0 Å². The molecule has 0 heterocycles. The largest absolute Gasteiger partial charge is 0.465 e. The topological polar surface area (TPSA) is 95.5 Å². The number of aldehydes is 1. The maximum Gasteiger partial charge on any atom is 0.405 e. The van der Waals surface area contributed by atoms with Crippen molar-refractivity contribution < 1.29 is 19.5 Å². The molecule has 0 aliphatic heterocycles. The summed E-state index contributed by atoms with van der Waals surface area (Å²) in [6, 6.07) is 6.22. The van der Waals surface area contributed by atoms with E-state index < -0.39 is 12.1 Å². The normalized spacial score (nSPS) is 13.2. The maximum atomic E-state index is 11.9. The highest BCUT2D eigenvalue weighted by atomic mass is 79.9. The Balaban J connectivity index is 2.41. The molecule has 0 aliphatic rings. The number of hydrogen-bond acceptors (Lipinski definition) is 4. The van der Waals surface area contributed by atoms with E-state index in [0.29, 0.717) is 18.4 Å². The van der Waals surface area contributed by atoms with Crippen LogP contribution >= 0.6 is 15.9 Å². The molecule has 0 radical (unpaired) electrons. The first kappa shape index (κ1) is 17.3. The van der Waals surface area contributed by atoms with E-state index in [1.807, 2.05) is 0 Å². The molecule has 0 saturated carbocycles. The van der Waals surface area contributed by atoms with Gasteiger partial charge in [0.1, 0.15) is 6.29 Å². The van der Waals surface area contributed by atoms with Crippen LogP contribution in [0, 0.1) is 5.92 Å². The zero-order valence-electron chi connectivity index (χ0n) is 11.5. The van der Waals surface area contributed by atoms with Crippen molar-refractivity contribution in [3.8, 4) is 0 Å². The second-order valence-electron chi connectivity index (χ2n) is 4.65. The van der Waals surface area contributed by atoms with E-state index in [4.69, 9.17) is 5.11 Å². The molecule has 0 spiro atoms. The summed E-state index contributed by atoms with van der Waals surface area (Å²) in [6.45, 7) is 2.21. The van der Waals surface area contributed by atoms with Gasteiger partial charge >= 0.3 is 6.09 Å². The number of rotatable bonds is 8. The van der Waals surface area contributed by atoms with Crippen molar-refractivity contribution in [3.63, 3.8) is 0 Å². The Bertz CT molecular complexity index is 504. The van der Waals surface area contributed by atoms with E-state index in [1.54, 1.807) is 31.2 Å². The van der Waals surface area contributed by atoms with Gasteiger partial charge in [0.25, 0.3) is 0 Å². The average molecular weight is 357 g/mol. The van der Waals surface area contributed by atoms with Crippen molar-refractivity contribution in [1.29, 1.82) is 0 Å². The summed E-state index contributed by atoms with van der Waals surface area (Å²) in [5.41, 5.74) is 0.592. The van der Waals surface area contributed by atoms with Gasteiger partial charge in [0.2, 0.25) is 0 Å². The predicted octanol–water partition coefficient (Wildman–Crippen LogP) is 1.69. The fourth-order valence-electron chi connectivity index (χ4n) is 1.73. The molecule has 2 unspecified atom stereocenters. The quantitative estimate of drug-likeness (QED) is 0.486. The molecule has 6 nitrogen and oxygen atoms in total. The highest BCUT2D eigenvalue weighted by Gasteiger charge is 2.18. The lowest BCUT2D eigenvalue weighted by Crippen LogP contribution is -2.43. The van der Waals surface area contributed by atoms with Gasteiger partial charge in [-0.2, -0.15) is 0 Å². The molecule has 0 bridgehead atoms. The number of nitrogens with one attached hydrogen (secondary N) is 2. The smallest absolute Gasteiger partial charge is 0.405 e. The lowest BCUT2D eigenvalue weighted by atomic mass is 10.0. The molecule has 0 aromatic heterocycles. The minimum Gasteiger partial charge on any atom is -0.465 e. The second-order valence-corrected chi connectivity index (χ2v) is 5.57. The molecule has 1 aromatic carbocycles. The number of hydrogen-bond donors (Lipinski definition) is 3. The molecule has 7 heteroatoms. The van der Waals surface area contributed by atoms with Gasteiger partial charge in [-0.25, -0.2) is 4.79 Å². The van der Waals surface area contributed by atoms with Crippen molar-refractivity contribution >= 4 is 34.1 Å². The number of carboxylic acid groups (broad SMARTS) is 1. The van der Waals surface area contributed by atoms with Crippen LogP contribution in [0.25, 0.3) is 0 Å². The van der Waals surface area contributed by atoms with Crippen LogP contribution in [0.15, 0.2) is 28.7 Å². The molecule has 21 heavy (non-hydrogen) atoms. The Labute approximate surface area is 131 Å². The molecule has 3 N–H and O–H groups in total. The summed E-state index contributed by atoms with van der Waals surface area (Å²) in [5.74, 6) is -0.320. The number of carbonyl (C=O) groups is 3. The third-order valence-corrected chi connectivity index (χ3v) is 3.50. The van der Waals surface area contributed by atoms with Crippen LogP contribution < -0.4 is 10.6 Å². The van der Waals surface area contributed by atoms with Crippen molar-refractivity contribution in [2.45, 2.75) is 13.0 Å². The highest BCUT2D eigenvalue weighted by Crippen LogP contribution is 2.10. The summed E-state index contributed by atoms with van der Waals surface area (Å²) in [4.78, 5) is 33.2. The number of carbonyl (C=O) groups excluding carboxylic acids is 2. The predicted molar refractivity (Wildman–Crippen MR) is 81.5 cm³/mol. The number of amides is 1. The van der Waals surface area contributed by atoms with Crippen LogP contribution in [0.4, 0.5) is 4.79 Å². The number of Topliss-reactive ketones (excluding diaryl/α,β-unsaturated/α-hetero) is 1. The van der Waals surface area contributed by atoms with E-state index in [2.05, 4.69) is 26.6 Å². The van der Waals surface area contributed by atoms with Crippen molar-refractivity contribution in [3.05, 3.63) is 34.3 Å². The molecule has 1 amide bonds. The fraction of sp³-hybridized carbons (Fsp3) is 0.357. The molecule has 0 fully saturated rings. The number of halogens is 1. The molecule has 0 aliphatic carbocycles.